The summed E-state index contributed by atoms with van der Waals surface area (Å²) in [6.07, 6.45) is 1.50. The number of carbonyl (C=O) groups excluding carboxylic acids is 1. The minimum absolute atomic E-state index is 0.216. The van der Waals surface area contributed by atoms with E-state index in [4.69, 9.17) is 0 Å². The van der Waals surface area contributed by atoms with Crippen LogP contribution in [0.1, 0.15) is 26.7 Å². The molecule has 2 unspecified atom stereocenters. The number of halogens is 3. The maximum Gasteiger partial charge on any atom is 0.377 e. The average molecular weight is 320 g/mol. The molecule has 0 amide bonds. The van der Waals surface area contributed by atoms with Crippen LogP contribution in [0.4, 0.5) is 8.78 Å². The number of esters is 1. The maximum absolute atomic E-state index is 13.3. The molecule has 0 aliphatic carbocycles. The van der Waals surface area contributed by atoms with E-state index in [2.05, 4.69) is 4.74 Å². The number of hydrogen-bond acceptors (Lipinski definition) is 2. The Morgan fingerprint density at radius 2 is 2.07 bits per heavy atom. The van der Waals surface area contributed by atoms with Crippen LogP contribution in [0.2, 0.25) is 0 Å². The summed E-state index contributed by atoms with van der Waals surface area (Å²) in [6, 6.07) is 0. The van der Waals surface area contributed by atoms with Crippen molar-refractivity contribution in [1.82, 2.24) is 0 Å². The summed E-state index contributed by atoms with van der Waals surface area (Å²) >= 11 is 1.95. The molecule has 0 bridgehead atoms. The minimum Gasteiger partial charge on any atom is -0.465 e. The Labute approximate surface area is 96.5 Å². The fourth-order valence-corrected chi connectivity index (χ4v) is 2.15. The number of carbonyl (C=O) groups is 1. The number of alkyl halides is 3. The summed E-state index contributed by atoms with van der Waals surface area (Å²) in [5.74, 6) is -5.81. The molecular weight excluding hydrogens is 305 g/mol. The Bertz CT molecular complexity index is 197. The van der Waals surface area contributed by atoms with Crippen LogP contribution in [0, 0.1) is 5.92 Å². The summed E-state index contributed by atoms with van der Waals surface area (Å²) in [7, 11) is 0.977. The first-order chi connectivity index (χ1) is 6.37. The number of methoxy groups -OCH3 is 1. The molecule has 0 aliphatic heterocycles. The van der Waals surface area contributed by atoms with Crippen molar-refractivity contribution >= 4 is 28.6 Å². The fourth-order valence-electron chi connectivity index (χ4n) is 1.07. The number of ether oxygens (including phenoxy) is 1. The molecule has 14 heavy (non-hydrogen) atoms. The van der Waals surface area contributed by atoms with Crippen LogP contribution in [0.5, 0.6) is 0 Å². The quantitative estimate of drug-likeness (QED) is 0.442. The standard InChI is InChI=1S/C9H15F2IO2/c1-4-5-7(12)6(2)9(10,11)8(13)14-3/h6-7H,4-5H2,1-3H3. The zero-order valence-electron chi connectivity index (χ0n) is 8.52. The van der Waals surface area contributed by atoms with Crippen LogP contribution in [0.15, 0.2) is 0 Å². The van der Waals surface area contributed by atoms with Gasteiger partial charge in [-0.2, -0.15) is 8.78 Å². The second kappa shape index (κ2) is 5.82. The summed E-state index contributed by atoms with van der Waals surface area (Å²) in [4.78, 5) is 10.8. The first-order valence-electron chi connectivity index (χ1n) is 4.48. The van der Waals surface area contributed by atoms with Gasteiger partial charge in [-0.3, -0.25) is 0 Å². The van der Waals surface area contributed by atoms with E-state index in [0.29, 0.717) is 6.42 Å². The molecule has 0 aliphatic rings. The summed E-state index contributed by atoms with van der Waals surface area (Å²) in [6.45, 7) is 3.30. The topological polar surface area (TPSA) is 26.3 Å². The monoisotopic (exact) mass is 320 g/mol. The number of rotatable bonds is 5. The predicted molar refractivity (Wildman–Crippen MR) is 58.8 cm³/mol. The highest BCUT2D eigenvalue weighted by Crippen LogP contribution is 2.33. The van der Waals surface area contributed by atoms with E-state index in [-0.39, 0.29) is 3.92 Å². The Kier molecular flexibility index (Phi) is 5.85. The third kappa shape index (κ3) is 3.33. The molecule has 0 rings (SSSR count). The zero-order valence-corrected chi connectivity index (χ0v) is 10.7. The van der Waals surface area contributed by atoms with Crippen LogP contribution in [-0.4, -0.2) is 22.9 Å². The van der Waals surface area contributed by atoms with Crippen molar-refractivity contribution in [3.05, 3.63) is 0 Å². The van der Waals surface area contributed by atoms with E-state index >= 15 is 0 Å². The number of hydrogen-bond donors (Lipinski definition) is 0. The first-order valence-corrected chi connectivity index (χ1v) is 5.72. The summed E-state index contributed by atoms with van der Waals surface area (Å²) < 4.78 is 30.5. The van der Waals surface area contributed by atoms with Gasteiger partial charge in [0.05, 0.1) is 7.11 Å². The molecular formula is C9H15F2IO2. The van der Waals surface area contributed by atoms with Gasteiger partial charge >= 0.3 is 11.9 Å². The molecule has 0 N–H and O–H groups in total. The molecule has 0 aromatic carbocycles. The molecule has 0 radical (unpaired) electrons. The van der Waals surface area contributed by atoms with Gasteiger partial charge in [-0.05, 0) is 6.42 Å². The van der Waals surface area contributed by atoms with Gasteiger partial charge in [0.2, 0.25) is 0 Å². The molecule has 0 fully saturated rings. The highest BCUT2D eigenvalue weighted by Gasteiger charge is 2.48. The second-order valence-electron chi connectivity index (χ2n) is 3.21. The summed E-state index contributed by atoms with van der Waals surface area (Å²) in [5, 5.41) is 0. The average Bonchev–Trinajstić information content (AvgIpc) is 2.15. The molecule has 84 valence electrons. The van der Waals surface area contributed by atoms with Gasteiger partial charge in [0.1, 0.15) is 0 Å². The second-order valence-corrected chi connectivity index (χ2v) is 4.81. The SMILES string of the molecule is CCCC(I)C(C)C(F)(F)C(=O)OC. The Balaban J connectivity index is 4.48. The molecule has 0 saturated heterocycles. The smallest absolute Gasteiger partial charge is 0.377 e. The van der Waals surface area contributed by atoms with Crippen LogP contribution < -0.4 is 0 Å². The van der Waals surface area contributed by atoms with Crippen LogP contribution in [0.3, 0.4) is 0 Å². The van der Waals surface area contributed by atoms with Crippen molar-refractivity contribution in [3.63, 3.8) is 0 Å². The third-order valence-electron chi connectivity index (χ3n) is 2.14. The van der Waals surface area contributed by atoms with E-state index in [1.165, 1.54) is 6.92 Å². The molecule has 0 aromatic rings. The molecule has 2 nitrogen and oxygen atoms in total. The molecule has 0 aromatic heterocycles. The van der Waals surface area contributed by atoms with Gasteiger partial charge < -0.3 is 4.74 Å². The lowest BCUT2D eigenvalue weighted by Gasteiger charge is -2.25. The normalized spacial score (nSPS) is 16.1. The highest BCUT2D eigenvalue weighted by molar-refractivity contribution is 14.1. The van der Waals surface area contributed by atoms with Crippen molar-refractivity contribution in [2.75, 3.05) is 7.11 Å². The van der Waals surface area contributed by atoms with E-state index in [1.54, 1.807) is 0 Å². The van der Waals surface area contributed by atoms with E-state index in [9.17, 15) is 13.6 Å². The zero-order chi connectivity index (χ0) is 11.4. The van der Waals surface area contributed by atoms with Crippen molar-refractivity contribution < 1.29 is 18.3 Å². The Morgan fingerprint density at radius 3 is 2.43 bits per heavy atom. The summed E-state index contributed by atoms with van der Waals surface area (Å²) in [5.41, 5.74) is 0. The van der Waals surface area contributed by atoms with Crippen LogP contribution in [-0.2, 0) is 9.53 Å². The maximum atomic E-state index is 13.3. The van der Waals surface area contributed by atoms with E-state index in [0.717, 1.165) is 13.5 Å². The van der Waals surface area contributed by atoms with Gasteiger partial charge in [0.25, 0.3) is 0 Å². The van der Waals surface area contributed by atoms with Crippen molar-refractivity contribution in [1.29, 1.82) is 0 Å². The molecule has 5 heteroatoms. The molecule has 0 heterocycles. The molecule has 0 spiro atoms. The Morgan fingerprint density at radius 1 is 1.57 bits per heavy atom. The minimum atomic E-state index is -3.38. The van der Waals surface area contributed by atoms with Crippen molar-refractivity contribution in [3.8, 4) is 0 Å². The lowest BCUT2D eigenvalue weighted by atomic mass is 9.97. The van der Waals surface area contributed by atoms with Crippen LogP contribution in [0.25, 0.3) is 0 Å². The lowest BCUT2D eigenvalue weighted by Crippen LogP contribution is -2.40. The fraction of sp³-hybridized carbons (Fsp3) is 0.889. The first kappa shape index (κ1) is 14.1. The van der Waals surface area contributed by atoms with Gasteiger partial charge in [0, 0.05) is 9.84 Å². The predicted octanol–water partition coefficient (Wildman–Crippen LogP) is 3.03. The molecule has 0 saturated carbocycles. The van der Waals surface area contributed by atoms with E-state index in [1.807, 2.05) is 29.5 Å². The molecule has 2 atom stereocenters. The van der Waals surface area contributed by atoms with E-state index < -0.39 is 17.8 Å². The van der Waals surface area contributed by atoms with Crippen molar-refractivity contribution in [2.45, 2.75) is 36.5 Å². The Hall–Kier alpha value is 0.0600. The van der Waals surface area contributed by atoms with Gasteiger partial charge in [-0.1, -0.05) is 42.9 Å². The third-order valence-corrected chi connectivity index (χ3v) is 3.84. The van der Waals surface area contributed by atoms with Gasteiger partial charge in [-0.25, -0.2) is 4.79 Å². The highest BCUT2D eigenvalue weighted by atomic mass is 127. The lowest BCUT2D eigenvalue weighted by molar-refractivity contribution is -0.176. The van der Waals surface area contributed by atoms with Gasteiger partial charge in [-0.15, -0.1) is 0 Å². The van der Waals surface area contributed by atoms with Crippen LogP contribution >= 0.6 is 22.6 Å². The van der Waals surface area contributed by atoms with Crippen molar-refractivity contribution in [2.24, 2.45) is 5.92 Å². The largest absolute Gasteiger partial charge is 0.465 e. The van der Waals surface area contributed by atoms with Gasteiger partial charge in [0.15, 0.2) is 0 Å².